The average Bonchev–Trinajstić information content (AvgIpc) is 2.47. The summed E-state index contributed by atoms with van der Waals surface area (Å²) in [6, 6.07) is 0. The van der Waals surface area contributed by atoms with Gasteiger partial charge in [-0.05, 0) is 26.2 Å². The Kier molecular flexibility index (Phi) is 13.6. The van der Waals surface area contributed by atoms with Gasteiger partial charge in [-0.3, -0.25) is 0 Å². The van der Waals surface area contributed by atoms with Gasteiger partial charge in [0.15, 0.2) is 0 Å². The van der Waals surface area contributed by atoms with Crippen molar-refractivity contribution >= 4 is 5.97 Å². The molecular weight excluding hydrogens is 260 g/mol. The number of carbonyl (C=O) groups excluding carboxylic acids is 1. The average molecular weight is 296 g/mol. The number of rotatable bonds is 14. The molecule has 0 saturated carbocycles. The molecular formula is C19H36O2. The summed E-state index contributed by atoms with van der Waals surface area (Å²) < 4.78 is 5.41. The maximum atomic E-state index is 11.5. The highest BCUT2D eigenvalue weighted by molar-refractivity contribution is 5.87. The molecule has 124 valence electrons. The second-order valence-corrected chi connectivity index (χ2v) is 6.19. The first kappa shape index (κ1) is 20.2. The van der Waals surface area contributed by atoms with Crippen molar-refractivity contribution in [3.05, 3.63) is 12.2 Å². The van der Waals surface area contributed by atoms with E-state index >= 15 is 0 Å². The van der Waals surface area contributed by atoms with E-state index in [-0.39, 0.29) is 12.1 Å². The highest BCUT2D eigenvalue weighted by Crippen LogP contribution is 2.14. The summed E-state index contributed by atoms with van der Waals surface area (Å²) in [5, 5.41) is 0. The fourth-order valence-electron chi connectivity index (χ4n) is 2.46. The lowest BCUT2D eigenvalue weighted by atomic mass is 10.0. The second-order valence-electron chi connectivity index (χ2n) is 6.19. The van der Waals surface area contributed by atoms with E-state index < -0.39 is 0 Å². The van der Waals surface area contributed by atoms with Gasteiger partial charge in [0, 0.05) is 5.57 Å². The van der Waals surface area contributed by atoms with Crippen molar-refractivity contribution in [2.24, 2.45) is 0 Å². The van der Waals surface area contributed by atoms with Gasteiger partial charge in [0.05, 0.1) is 0 Å². The quantitative estimate of drug-likeness (QED) is 0.217. The number of hydrogen-bond acceptors (Lipinski definition) is 2. The normalized spacial score (nSPS) is 12.1. The van der Waals surface area contributed by atoms with Crippen LogP contribution in [0, 0.1) is 0 Å². The number of ether oxygens (including phenoxy) is 1. The first-order chi connectivity index (χ1) is 10.1. The maximum Gasteiger partial charge on any atom is 0.333 e. The molecule has 0 aromatic rings. The molecule has 0 bridgehead atoms. The fourth-order valence-corrected chi connectivity index (χ4v) is 2.46. The summed E-state index contributed by atoms with van der Waals surface area (Å²) in [6.45, 7) is 9.67. The van der Waals surface area contributed by atoms with Crippen LogP contribution in [0.25, 0.3) is 0 Å². The Morgan fingerprint density at radius 1 is 0.905 bits per heavy atom. The zero-order valence-corrected chi connectivity index (χ0v) is 14.6. The predicted octanol–water partition coefficient (Wildman–Crippen LogP) is 6.20. The third kappa shape index (κ3) is 12.6. The Morgan fingerprint density at radius 3 is 1.81 bits per heavy atom. The first-order valence-electron chi connectivity index (χ1n) is 8.98. The van der Waals surface area contributed by atoms with E-state index in [1.165, 1.54) is 57.8 Å². The van der Waals surface area contributed by atoms with Crippen LogP contribution in [0.5, 0.6) is 0 Å². The lowest BCUT2D eigenvalue weighted by molar-refractivity contribution is -0.144. The molecule has 1 unspecified atom stereocenters. The maximum absolute atomic E-state index is 11.5. The Balaban J connectivity index is 3.43. The molecule has 0 saturated heterocycles. The Labute approximate surface area is 132 Å². The van der Waals surface area contributed by atoms with Gasteiger partial charge >= 0.3 is 5.97 Å². The van der Waals surface area contributed by atoms with E-state index in [0.717, 1.165) is 19.3 Å². The molecule has 21 heavy (non-hydrogen) atoms. The van der Waals surface area contributed by atoms with E-state index in [1.54, 1.807) is 6.92 Å². The highest BCUT2D eigenvalue weighted by Gasteiger charge is 2.12. The molecule has 0 N–H and O–H groups in total. The van der Waals surface area contributed by atoms with Gasteiger partial charge in [0.25, 0.3) is 0 Å². The topological polar surface area (TPSA) is 26.3 Å². The highest BCUT2D eigenvalue weighted by atomic mass is 16.5. The van der Waals surface area contributed by atoms with Crippen LogP contribution in [0.15, 0.2) is 12.2 Å². The van der Waals surface area contributed by atoms with E-state index in [0.29, 0.717) is 5.57 Å². The van der Waals surface area contributed by atoms with Crippen LogP contribution in [0.4, 0.5) is 0 Å². The van der Waals surface area contributed by atoms with Crippen LogP contribution >= 0.6 is 0 Å². The van der Waals surface area contributed by atoms with Gasteiger partial charge in [-0.25, -0.2) is 4.79 Å². The fraction of sp³-hybridized carbons (Fsp3) is 0.842. The number of carbonyl (C=O) groups is 1. The molecule has 2 heteroatoms. The smallest absolute Gasteiger partial charge is 0.333 e. The zero-order chi connectivity index (χ0) is 15.9. The third-order valence-corrected chi connectivity index (χ3v) is 3.96. The minimum atomic E-state index is -0.242. The Morgan fingerprint density at radius 2 is 1.38 bits per heavy atom. The molecule has 0 aliphatic rings. The first-order valence-corrected chi connectivity index (χ1v) is 8.98. The van der Waals surface area contributed by atoms with E-state index in [2.05, 4.69) is 20.4 Å². The van der Waals surface area contributed by atoms with Crippen molar-refractivity contribution < 1.29 is 9.53 Å². The van der Waals surface area contributed by atoms with Gasteiger partial charge in [-0.2, -0.15) is 0 Å². The molecule has 0 aromatic carbocycles. The van der Waals surface area contributed by atoms with E-state index in [4.69, 9.17) is 4.74 Å². The van der Waals surface area contributed by atoms with E-state index in [1.807, 2.05) is 0 Å². The van der Waals surface area contributed by atoms with Crippen molar-refractivity contribution in [2.75, 3.05) is 0 Å². The summed E-state index contributed by atoms with van der Waals surface area (Å²) in [5.41, 5.74) is 0.497. The van der Waals surface area contributed by atoms with Crippen LogP contribution in [0.2, 0.25) is 0 Å². The third-order valence-electron chi connectivity index (χ3n) is 3.96. The minimum absolute atomic E-state index is 0.0724. The molecule has 0 radical (unpaired) electrons. The SMILES string of the molecule is C=C(C)C(=O)OC(CC)CCCCCCCCCCCC. The molecule has 2 nitrogen and oxygen atoms in total. The lowest BCUT2D eigenvalue weighted by Crippen LogP contribution is -2.17. The van der Waals surface area contributed by atoms with Gasteiger partial charge in [0.1, 0.15) is 6.10 Å². The molecule has 0 heterocycles. The lowest BCUT2D eigenvalue weighted by Gasteiger charge is -2.16. The summed E-state index contributed by atoms with van der Waals surface area (Å²) in [7, 11) is 0. The summed E-state index contributed by atoms with van der Waals surface area (Å²) in [6.07, 6.45) is 15.4. The molecule has 0 aliphatic carbocycles. The van der Waals surface area contributed by atoms with Crippen LogP contribution in [0.3, 0.4) is 0 Å². The Hall–Kier alpha value is -0.790. The van der Waals surface area contributed by atoms with Crippen molar-refractivity contribution in [2.45, 2.75) is 104 Å². The molecule has 0 amide bonds. The molecule has 0 spiro atoms. The van der Waals surface area contributed by atoms with Gasteiger partial charge < -0.3 is 4.74 Å². The Bertz CT molecular complexity index is 271. The molecule has 1 atom stereocenters. The monoisotopic (exact) mass is 296 g/mol. The summed E-state index contributed by atoms with van der Waals surface area (Å²) in [5.74, 6) is -0.242. The molecule has 0 aliphatic heterocycles. The zero-order valence-electron chi connectivity index (χ0n) is 14.6. The van der Waals surface area contributed by atoms with Crippen LogP contribution in [-0.4, -0.2) is 12.1 Å². The summed E-state index contributed by atoms with van der Waals surface area (Å²) >= 11 is 0. The number of unbranched alkanes of at least 4 members (excludes halogenated alkanes) is 9. The number of esters is 1. The second kappa shape index (κ2) is 14.2. The van der Waals surface area contributed by atoms with Crippen molar-refractivity contribution in [3.8, 4) is 0 Å². The standard InChI is InChI=1S/C19H36O2/c1-5-7-8-9-10-11-12-13-14-15-16-18(6-2)21-19(20)17(3)4/h18H,3,5-16H2,1-2,4H3. The van der Waals surface area contributed by atoms with Crippen LogP contribution < -0.4 is 0 Å². The van der Waals surface area contributed by atoms with E-state index in [9.17, 15) is 4.79 Å². The van der Waals surface area contributed by atoms with Crippen LogP contribution in [0.1, 0.15) is 97.8 Å². The predicted molar refractivity (Wildman–Crippen MR) is 91.4 cm³/mol. The van der Waals surface area contributed by atoms with Gasteiger partial charge in [0.2, 0.25) is 0 Å². The molecule has 0 aromatic heterocycles. The van der Waals surface area contributed by atoms with Gasteiger partial charge in [-0.1, -0.05) is 78.2 Å². The van der Waals surface area contributed by atoms with Crippen molar-refractivity contribution in [1.29, 1.82) is 0 Å². The van der Waals surface area contributed by atoms with Crippen molar-refractivity contribution in [3.63, 3.8) is 0 Å². The van der Waals surface area contributed by atoms with Crippen molar-refractivity contribution in [1.82, 2.24) is 0 Å². The largest absolute Gasteiger partial charge is 0.459 e. The molecule has 0 rings (SSSR count). The van der Waals surface area contributed by atoms with Gasteiger partial charge in [-0.15, -0.1) is 0 Å². The minimum Gasteiger partial charge on any atom is -0.459 e. The number of hydrogen-bond donors (Lipinski definition) is 0. The van der Waals surface area contributed by atoms with Crippen LogP contribution in [-0.2, 0) is 9.53 Å². The summed E-state index contributed by atoms with van der Waals surface area (Å²) in [4.78, 5) is 11.5. The molecule has 0 fully saturated rings.